The third kappa shape index (κ3) is 4.55. The molecule has 27 heavy (non-hydrogen) atoms. The van der Waals surface area contributed by atoms with Crippen LogP contribution in [0.1, 0.15) is 26.6 Å². The maximum atomic E-state index is 12.3. The Morgan fingerprint density at radius 3 is 2.78 bits per heavy atom. The number of carbonyl (C=O) groups excluding carboxylic acids is 2. The lowest BCUT2D eigenvalue weighted by Crippen LogP contribution is -2.26. The maximum Gasteiger partial charge on any atom is 0.292 e. The molecular formula is C19H20N4O4. The largest absolute Gasteiger partial charge is 0.497 e. The Morgan fingerprint density at radius 1 is 1.19 bits per heavy atom. The average Bonchev–Trinajstić information content (AvgIpc) is 3.32. The second-order valence-electron chi connectivity index (χ2n) is 5.83. The average molecular weight is 368 g/mol. The Kier molecular flexibility index (Phi) is 5.55. The number of furan rings is 1. The van der Waals surface area contributed by atoms with E-state index in [1.165, 1.54) is 17.0 Å². The lowest BCUT2D eigenvalue weighted by Gasteiger charge is -2.05. The Labute approximate surface area is 156 Å². The molecule has 2 amide bonds. The number of nitrogens with zero attached hydrogens (tertiary/aromatic N) is 2. The van der Waals surface area contributed by atoms with E-state index in [-0.39, 0.29) is 17.4 Å². The van der Waals surface area contributed by atoms with Crippen LogP contribution in [0.2, 0.25) is 0 Å². The molecule has 0 fully saturated rings. The molecule has 0 aliphatic rings. The van der Waals surface area contributed by atoms with Crippen molar-refractivity contribution in [3.8, 4) is 5.75 Å². The quantitative estimate of drug-likeness (QED) is 0.666. The van der Waals surface area contributed by atoms with Crippen LogP contribution < -0.4 is 15.4 Å². The van der Waals surface area contributed by atoms with Crippen LogP contribution in [-0.4, -0.2) is 35.2 Å². The van der Waals surface area contributed by atoms with Crippen LogP contribution in [-0.2, 0) is 13.5 Å². The second-order valence-corrected chi connectivity index (χ2v) is 5.83. The summed E-state index contributed by atoms with van der Waals surface area (Å²) in [6.07, 6.45) is 2.08. The lowest BCUT2D eigenvalue weighted by molar-refractivity contribution is 0.0947. The molecule has 0 bridgehead atoms. The molecule has 140 valence electrons. The molecular weight excluding hydrogens is 348 g/mol. The van der Waals surface area contributed by atoms with Crippen molar-refractivity contribution in [3.63, 3.8) is 0 Å². The molecule has 2 aromatic heterocycles. The zero-order valence-corrected chi connectivity index (χ0v) is 15.1. The Morgan fingerprint density at radius 2 is 2.04 bits per heavy atom. The normalized spacial score (nSPS) is 10.4. The van der Waals surface area contributed by atoms with Crippen molar-refractivity contribution in [2.24, 2.45) is 7.05 Å². The van der Waals surface area contributed by atoms with E-state index in [1.807, 2.05) is 24.3 Å². The van der Waals surface area contributed by atoms with Gasteiger partial charge in [0.1, 0.15) is 11.6 Å². The van der Waals surface area contributed by atoms with E-state index in [0.29, 0.717) is 18.8 Å². The van der Waals surface area contributed by atoms with Crippen molar-refractivity contribution in [1.82, 2.24) is 15.1 Å². The van der Waals surface area contributed by atoms with Gasteiger partial charge in [0.05, 0.1) is 13.4 Å². The fourth-order valence-corrected chi connectivity index (χ4v) is 2.52. The van der Waals surface area contributed by atoms with Crippen molar-refractivity contribution in [1.29, 1.82) is 0 Å². The molecule has 3 rings (SSSR count). The van der Waals surface area contributed by atoms with Crippen molar-refractivity contribution in [2.75, 3.05) is 19.0 Å². The van der Waals surface area contributed by atoms with Gasteiger partial charge in [0.2, 0.25) is 0 Å². The lowest BCUT2D eigenvalue weighted by atomic mass is 10.1. The molecule has 0 spiro atoms. The highest BCUT2D eigenvalue weighted by molar-refractivity contribution is 6.02. The van der Waals surface area contributed by atoms with Gasteiger partial charge < -0.3 is 19.8 Å². The summed E-state index contributed by atoms with van der Waals surface area (Å²) < 4.78 is 11.7. The van der Waals surface area contributed by atoms with Gasteiger partial charge in [-0.3, -0.25) is 14.3 Å². The van der Waals surface area contributed by atoms with E-state index >= 15 is 0 Å². The topological polar surface area (TPSA) is 98.4 Å². The highest BCUT2D eigenvalue weighted by Gasteiger charge is 2.16. The number of amides is 2. The minimum absolute atomic E-state index is 0.181. The van der Waals surface area contributed by atoms with Crippen LogP contribution in [0.5, 0.6) is 5.75 Å². The summed E-state index contributed by atoms with van der Waals surface area (Å²) in [5.41, 5.74) is 1.28. The molecule has 0 atom stereocenters. The summed E-state index contributed by atoms with van der Waals surface area (Å²) in [7, 11) is 3.26. The van der Waals surface area contributed by atoms with E-state index < -0.39 is 5.91 Å². The zero-order chi connectivity index (χ0) is 19.2. The summed E-state index contributed by atoms with van der Waals surface area (Å²) in [6.45, 7) is 0.455. The third-order valence-electron chi connectivity index (χ3n) is 3.93. The predicted molar refractivity (Wildman–Crippen MR) is 98.9 cm³/mol. The first-order chi connectivity index (χ1) is 13.1. The molecule has 0 aliphatic heterocycles. The molecule has 0 radical (unpaired) electrons. The van der Waals surface area contributed by atoms with E-state index in [1.54, 1.807) is 26.3 Å². The van der Waals surface area contributed by atoms with Gasteiger partial charge in [-0.15, -0.1) is 0 Å². The Hall–Kier alpha value is -3.55. The molecule has 2 N–H and O–H groups in total. The van der Waals surface area contributed by atoms with Crippen LogP contribution in [0.3, 0.4) is 0 Å². The van der Waals surface area contributed by atoms with Crippen LogP contribution in [0.15, 0.2) is 53.1 Å². The summed E-state index contributed by atoms with van der Waals surface area (Å²) in [5.74, 6) is 0.635. The number of ether oxygens (including phenoxy) is 1. The maximum absolute atomic E-state index is 12.3. The Balaban J connectivity index is 1.56. The van der Waals surface area contributed by atoms with Crippen LogP contribution >= 0.6 is 0 Å². The number of nitrogens with one attached hydrogen (secondary N) is 2. The molecule has 0 saturated heterocycles. The number of benzene rings is 1. The van der Waals surface area contributed by atoms with E-state index in [9.17, 15) is 9.59 Å². The van der Waals surface area contributed by atoms with Crippen molar-refractivity contribution < 1.29 is 18.7 Å². The first-order valence-electron chi connectivity index (χ1n) is 8.37. The number of anilines is 1. The summed E-state index contributed by atoms with van der Waals surface area (Å²) in [6, 6.07) is 12.4. The van der Waals surface area contributed by atoms with Crippen molar-refractivity contribution >= 4 is 17.6 Å². The molecule has 3 aromatic rings. The van der Waals surface area contributed by atoms with Crippen molar-refractivity contribution in [3.05, 3.63) is 65.7 Å². The van der Waals surface area contributed by atoms with Gasteiger partial charge >= 0.3 is 0 Å². The van der Waals surface area contributed by atoms with Gasteiger partial charge in [-0.05, 0) is 36.2 Å². The number of hydrogen-bond acceptors (Lipinski definition) is 5. The minimum Gasteiger partial charge on any atom is -0.497 e. The molecule has 8 heteroatoms. The monoisotopic (exact) mass is 368 g/mol. The second kappa shape index (κ2) is 8.22. The molecule has 0 unspecified atom stereocenters. The van der Waals surface area contributed by atoms with E-state index in [4.69, 9.17) is 9.15 Å². The molecule has 0 saturated carbocycles. The van der Waals surface area contributed by atoms with Gasteiger partial charge in [-0.25, -0.2) is 0 Å². The van der Waals surface area contributed by atoms with Gasteiger partial charge in [-0.2, -0.15) is 5.10 Å². The van der Waals surface area contributed by atoms with Crippen LogP contribution in [0.25, 0.3) is 0 Å². The van der Waals surface area contributed by atoms with Crippen LogP contribution in [0, 0.1) is 0 Å². The van der Waals surface area contributed by atoms with E-state index in [2.05, 4.69) is 15.7 Å². The standard InChI is InChI=1S/C19H20N4O4/c1-23-17(21-19(25)16-7-4-10-27-16)12-15(22-23)18(24)20-9-8-13-5-3-6-14(11-13)26-2/h3-7,10-12H,8-9H2,1-2H3,(H,20,24)(H,21,25). The molecule has 0 aliphatic carbocycles. The number of aryl methyl sites for hydroxylation is 1. The van der Waals surface area contributed by atoms with Gasteiger partial charge in [-0.1, -0.05) is 12.1 Å². The summed E-state index contributed by atoms with van der Waals surface area (Å²) in [4.78, 5) is 24.3. The van der Waals surface area contributed by atoms with Gasteiger partial charge in [0, 0.05) is 19.7 Å². The Bertz CT molecular complexity index is 931. The third-order valence-corrected chi connectivity index (χ3v) is 3.93. The number of methoxy groups -OCH3 is 1. The number of carbonyl (C=O) groups is 2. The minimum atomic E-state index is -0.409. The van der Waals surface area contributed by atoms with Gasteiger partial charge in [0.25, 0.3) is 11.8 Å². The zero-order valence-electron chi connectivity index (χ0n) is 15.1. The number of rotatable bonds is 7. The fraction of sp³-hybridized carbons (Fsp3) is 0.211. The number of aromatic nitrogens is 2. The molecule has 8 nitrogen and oxygen atoms in total. The highest BCUT2D eigenvalue weighted by atomic mass is 16.5. The predicted octanol–water partition coefficient (Wildman–Crippen LogP) is 2.25. The SMILES string of the molecule is COc1cccc(CCNC(=O)c2cc(NC(=O)c3ccco3)n(C)n2)c1. The first-order valence-corrected chi connectivity index (χ1v) is 8.37. The smallest absolute Gasteiger partial charge is 0.292 e. The van der Waals surface area contributed by atoms with Crippen LogP contribution in [0.4, 0.5) is 5.82 Å². The molecule has 2 heterocycles. The summed E-state index contributed by atoms with van der Waals surface area (Å²) >= 11 is 0. The van der Waals surface area contributed by atoms with Gasteiger partial charge in [0.15, 0.2) is 11.5 Å². The van der Waals surface area contributed by atoms with Crippen molar-refractivity contribution in [2.45, 2.75) is 6.42 Å². The molecule has 1 aromatic carbocycles. The first kappa shape index (κ1) is 18.2. The fourth-order valence-electron chi connectivity index (χ4n) is 2.52. The van der Waals surface area contributed by atoms with E-state index in [0.717, 1.165) is 11.3 Å². The summed E-state index contributed by atoms with van der Waals surface area (Å²) in [5, 5.41) is 9.61. The highest BCUT2D eigenvalue weighted by Crippen LogP contribution is 2.13. The number of hydrogen-bond donors (Lipinski definition) is 2.